The van der Waals surface area contributed by atoms with E-state index < -0.39 is 0 Å². The molecule has 0 aromatic heterocycles. The van der Waals surface area contributed by atoms with Crippen LogP contribution in [0.1, 0.15) is 45.2 Å². The van der Waals surface area contributed by atoms with Crippen molar-refractivity contribution in [1.82, 2.24) is 5.32 Å². The van der Waals surface area contributed by atoms with Crippen LogP contribution in [0.5, 0.6) is 0 Å². The van der Waals surface area contributed by atoms with Crippen LogP contribution < -0.4 is 5.32 Å². The topological polar surface area (TPSA) is 12.0 Å². The van der Waals surface area contributed by atoms with Crippen LogP contribution in [0.25, 0.3) is 0 Å². The monoisotopic (exact) mass is 283 g/mol. The summed E-state index contributed by atoms with van der Waals surface area (Å²) in [5, 5.41) is 4.57. The van der Waals surface area contributed by atoms with Crippen molar-refractivity contribution in [3.63, 3.8) is 0 Å². The first-order valence-electron chi connectivity index (χ1n) is 6.67. The van der Waals surface area contributed by atoms with Gasteiger partial charge in [0.15, 0.2) is 0 Å². The summed E-state index contributed by atoms with van der Waals surface area (Å²) >= 11 is 8.06. The van der Waals surface area contributed by atoms with Gasteiger partial charge in [0, 0.05) is 22.5 Å². The zero-order valence-electron chi connectivity index (χ0n) is 11.4. The highest BCUT2D eigenvalue weighted by Gasteiger charge is 2.23. The molecule has 1 aromatic rings. The molecule has 1 N–H and O–H groups in total. The Bertz CT molecular complexity index is 417. The number of rotatable bonds is 4. The first-order valence-corrected chi connectivity index (χ1v) is 8.04. The first-order chi connectivity index (χ1) is 8.52. The van der Waals surface area contributed by atoms with Crippen LogP contribution in [0, 0.1) is 5.41 Å². The van der Waals surface area contributed by atoms with Crippen molar-refractivity contribution in [2.24, 2.45) is 5.41 Å². The van der Waals surface area contributed by atoms with E-state index in [4.69, 9.17) is 11.6 Å². The van der Waals surface area contributed by atoms with Gasteiger partial charge < -0.3 is 5.32 Å². The molecular weight excluding hydrogens is 262 g/mol. The average molecular weight is 284 g/mol. The minimum absolute atomic E-state index is 0.364. The Kier molecular flexibility index (Phi) is 4.63. The molecule has 100 valence electrons. The number of hydrogen-bond donors (Lipinski definition) is 1. The molecule has 0 radical (unpaired) electrons. The third-order valence-electron chi connectivity index (χ3n) is 3.80. The Labute approximate surface area is 120 Å². The fourth-order valence-electron chi connectivity index (χ4n) is 2.10. The number of hydrogen-bond acceptors (Lipinski definition) is 2. The van der Waals surface area contributed by atoms with Gasteiger partial charge in [0.05, 0.1) is 0 Å². The molecule has 1 aliphatic rings. The standard InChI is InChI=1S/C15H22ClNS/c1-4-15(2,3)10-17-13-7-8-18-14-6-5-11(16)9-12(13)14/h5-6,9,13,17H,4,7-8,10H2,1-3H3. The van der Waals surface area contributed by atoms with Crippen molar-refractivity contribution in [3.8, 4) is 0 Å². The van der Waals surface area contributed by atoms with E-state index in [-0.39, 0.29) is 0 Å². The number of thioether (sulfide) groups is 1. The molecule has 0 fully saturated rings. The lowest BCUT2D eigenvalue weighted by Crippen LogP contribution is -2.33. The van der Waals surface area contributed by atoms with Crippen LogP contribution in [0.3, 0.4) is 0 Å². The number of benzene rings is 1. The highest BCUT2D eigenvalue weighted by Crippen LogP contribution is 2.37. The number of nitrogens with one attached hydrogen (secondary N) is 1. The van der Waals surface area contributed by atoms with Crippen molar-refractivity contribution in [1.29, 1.82) is 0 Å². The fourth-order valence-corrected chi connectivity index (χ4v) is 3.39. The Morgan fingerprint density at radius 2 is 2.22 bits per heavy atom. The summed E-state index contributed by atoms with van der Waals surface area (Å²) in [5.74, 6) is 1.19. The van der Waals surface area contributed by atoms with E-state index in [1.165, 1.54) is 29.1 Å². The molecule has 1 aromatic carbocycles. The molecule has 1 unspecified atom stereocenters. The Balaban J connectivity index is 2.10. The van der Waals surface area contributed by atoms with Gasteiger partial charge in [-0.1, -0.05) is 32.4 Å². The molecule has 2 rings (SSSR count). The van der Waals surface area contributed by atoms with E-state index in [0.717, 1.165) is 11.6 Å². The summed E-state index contributed by atoms with van der Waals surface area (Å²) in [5.41, 5.74) is 1.74. The molecule has 1 atom stereocenters. The predicted octanol–water partition coefficient (Wildman–Crippen LogP) is 4.90. The highest BCUT2D eigenvalue weighted by molar-refractivity contribution is 7.99. The quantitative estimate of drug-likeness (QED) is 0.843. The fraction of sp³-hybridized carbons (Fsp3) is 0.600. The smallest absolute Gasteiger partial charge is 0.0410 e. The summed E-state index contributed by atoms with van der Waals surface area (Å²) in [6.45, 7) is 7.95. The lowest BCUT2D eigenvalue weighted by molar-refractivity contribution is 0.306. The molecule has 1 heterocycles. The van der Waals surface area contributed by atoms with Gasteiger partial charge in [0.2, 0.25) is 0 Å². The molecule has 1 nitrogen and oxygen atoms in total. The third kappa shape index (κ3) is 3.43. The minimum atomic E-state index is 0.364. The van der Waals surface area contributed by atoms with Gasteiger partial charge in [-0.15, -0.1) is 11.8 Å². The van der Waals surface area contributed by atoms with E-state index in [1.54, 1.807) is 0 Å². The second-order valence-electron chi connectivity index (χ2n) is 5.77. The second-order valence-corrected chi connectivity index (χ2v) is 7.34. The summed E-state index contributed by atoms with van der Waals surface area (Å²) in [6, 6.07) is 6.73. The molecule has 0 saturated heterocycles. The van der Waals surface area contributed by atoms with E-state index in [0.29, 0.717) is 11.5 Å². The highest BCUT2D eigenvalue weighted by atomic mass is 35.5. The molecular formula is C15H22ClNS. The van der Waals surface area contributed by atoms with Crippen molar-refractivity contribution in [2.45, 2.75) is 44.6 Å². The van der Waals surface area contributed by atoms with Crippen molar-refractivity contribution in [2.75, 3.05) is 12.3 Å². The lowest BCUT2D eigenvalue weighted by Gasteiger charge is -2.31. The number of halogens is 1. The van der Waals surface area contributed by atoms with E-state index in [2.05, 4.69) is 38.2 Å². The summed E-state index contributed by atoms with van der Waals surface area (Å²) in [6.07, 6.45) is 2.39. The summed E-state index contributed by atoms with van der Waals surface area (Å²) in [7, 11) is 0. The Hall–Kier alpha value is -0.180. The van der Waals surface area contributed by atoms with E-state index in [1.807, 2.05) is 17.8 Å². The Morgan fingerprint density at radius 3 is 2.94 bits per heavy atom. The van der Waals surface area contributed by atoms with Gasteiger partial charge in [-0.05, 0) is 47.8 Å². The molecule has 0 spiro atoms. The second kappa shape index (κ2) is 5.85. The van der Waals surface area contributed by atoms with Gasteiger partial charge in [0.1, 0.15) is 0 Å². The molecule has 1 aliphatic heterocycles. The molecule has 0 aliphatic carbocycles. The SMILES string of the molecule is CCC(C)(C)CNC1CCSc2ccc(Cl)cc21. The van der Waals surface area contributed by atoms with E-state index >= 15 is 0 Å². The third-order valence-corrected chi connectivity index (χ3v) is 5.15. The van der Waals surface area contributed by atoms with E-state index in [9.17, 15) is 0 Å². The minimum Gasteiger partial charge on any atom is -0.309 e. The maximum Gasteiger partial charge on any atom is 0.0410 e. The molecule has 3 heteroatoms. The average Bonchev–Trinajstić information content (AvgIpc) is 2.36. The van der Waals surface area contributed by atoms with Crippen LogP contribution in [0.15, 0.2) is 23.1 Å². The van der Waals surface area contributed by atoms with Crippen LogP contribution in [0.4, 0.5) is 0 Å². The van der Waals surface area contributed by atoms with Crippen LogP contribution in [-0.2, 0) is 0 Å². The zero-order chi connectivity index (χ0) is 13.2. The molecule has 0 bridgehead atoms. The van der Waals surface area contributed by atoms with Crippen molar-refractivity contribution >= 4 is 23.4 Å². The maximum atomic E-state index is 6.12. The first kappa shape index (κ1) is 14.2. The zero-order valence-corrected chi connectivity index (χ0v) is 13.0. The van der Waals surface area contributed by atoms with Crippen molar-refractivity contribution < 1.29 is 0 Å². The van der Waals surface area contributed by atoms with Crippen LogP contribution >= 0.6 is 23.4 Å². The van der Waals surface area contributed by atoms with Gasteiger partial charge in [-0.2, -0.15) is 0 Å². The summed E-state index contributed by atoms with van der Waals surface area (Å²) < 4.78 is 0. The van der Waals surface area contributed by atoms with Gasteiger partial charge in [-0.3, -0.25) is 0 Å². The maximum absolute atomic E-state index is 6.12. The predicted molar refractivity (Wildman–Crippen MR) is 81.6 cm³/mol. The van der Waals surface area contributed by atoms with Gasteiger partial charge >= 0.3 is 0 Å². The molecule has 0 amide bonds. The summed E-state index contributed by atoms with van der Waals surface area (Å²) in [4.78, 5) is 1.39. The normalized spacial score (nSPS) is 19.7. The van der Waals surface area contributed by atoms with Crippen LogP contribution in [-0.4, -0.2) is 12.3 Å². The largest absolute Gasteiger partial charge is 0.309 e. The number of fused-ring (bicyclic) bond motifs is 1. The van der Waals surface area contributed by atoms with Gasteiger partial charge in [-0.25, -0.2) is 0 Å². The molecule has 0 saturated carbocycles. The molecule has 18 heavy (non-hydrogen) atoms. The van der Waals surface area contributed by atoms with Gasteiger partial charge in [0.25, 0.3) is 0 Å². The Morgan fingerprint density at radius 1 is 1.44 bits per heavy atom. The van der Waals surface area contributed by atoms with Crippen molar-refractivity contribution in [3.05, 3.63) is 28.8 Å². The lowest BCUT2D eigenvalue weighted by atomic mass is 9.89. The van der Waals surface area contributed by atoms with Crippen LogP contribution in [0.2, 0.25) is 5.02 Å².